The molecule has 1 spiro atoms. The third-order valence-electron chi connectivity index (χ3n) is 6.26. The predicted molar refractivity (Wildman–Crippen MR) is 106 cm³/mol. The standard InChI is InChI=1S/C21H25ClN2O4/c1-20(2)27-17-19(25-3)26-16-13(6-7-21(16,17)28-20)8-11-4-5-12-10-14(22)18(23)24-15(12)9-11/h4-5,9-10,13,16-17,19H,6-8H2,1-3H3,(H2,23,24)/t13?,16-,17+,19+,21-/m1/s1. The molecule has 7 heteroatoms. The molecule has 2 aromatic rings. The topological polar surface area (TPSA) is 75.8 Å². The molecule has 1 aliphatic carbocycles. The highest BCUT2D eigenvalue weighted by Crippen LogP contribution is 2.56. The fourth-order valence-electron chi connectivity index (χ4n) is 5.21. The van der Waals surface area contributed by atoms with Crippen LogP contribution in [0.2, 0.25) is 5.02 Å². The van der Waals surface area contributed by atoms with Crippen LogP contribution in [-0.4, -0.2) is 42.0 Å². The first kappa shape index (κ1) is 18.6. The molecule has 1 aromatic heterocycles. The van der Waals surface area contributed by atoms with Gasteiger partial charge < -0.3 is 24.7 Å². The summed E-state index contributed by atoms with van der Waals surface area (Å²) in [5.74, 6) is 0.0548. The van der Waals surface area contributed by atoms with E-state index in [4.69, 9.17) is 36.3 Å². The molecule has 2 N–H and O–H groups in total. The van der Waals surface area contributed by atoms with Gasteiger partial charge in [0.25, 0.3) is 0 Å². The number of fused-ring (bicyclic) bond motifs is 1. The number of hydrogen-bond acceptors (Lipinski definition) is 6. The van der Waals surface area contributed by atoms with Crippen molar-refractivity contribution in [3.05, 3.63) is 34.9 Å². The maximum Gasteiger partial charge on any atom is 0.186 e. The molecule has 0 radical (unpaired) electrons. The summed E-state index contributed by atoms with van der Waals surface area (Å²) in [6.45, 7) is 3.92. The second kappa shape index (κ2) is 6.28. The minimum Gasteiger partial charge on any atom is -0.382 e. The third kappa shape index (κ3) is 2.74. The van der Waals surface area contributed by atoms with Crippen LogP contribution in [0.15, 0.2) is 24.3 Å². The first-order valence-electron chi connectivity index (χ1n) is 9.72. The van der Waals surface area contributed by atoms with Gasteiger partial charge in [-0.25, -0.2) is 4.98 Å². The van der Waals surface area contributed by atoms with Gasteiger partial charge in [-0.05, 0) is 56.7 Å². The molecule has 6 nitrogen and oxygen atoms in total. The van der Waals surface area contributed by atoms with E-state index in [1.807, 2.05) is 26.0 Å². The second-order valence-electron chi connectivity index (χ2n) is 8.54. The van der Waals surface area contributed by atoms with Gasteiger partial charge in [0.1, 0.15) is 17.5 Å². The Morgan fingerprint density at radius 3 is 2.89 bits per heavy atom. The fourth-order valence-corrected chi connectivity index (χ4v) is 5.37. The Morgan fingerprint density at radius 1 is 1.29 bits per heavy atom. The summed E-state index contributed by atoms with van der Waals surface area (Å²) in [5.41, 5.74) is 7.50. The lowest BCUT2D eigenvalue weighted by molar-refractivity contribution is -0.236. The van der Waals surface area contributed by atoms with Gasteiger partial charge in [0.15, 0.2) is 12.1 Å². The number of nitrogen functional groups attached to an aromatic ring is 1. The summed E-state index contributed by atoms with van der Waals surface area (Å²) >= 11 is 6.09. The minimum atomic E-state index is -0.623. The van der Waals surface area contributed by atoms with Crippen LogP contribution in [0, 0.1) is 5.92 Å². The van der Waals surface area contributed by atoms with Crippen molar-refractivity contribution in [1.82, 2.24) is 4.98 Å². The van der Waals surface area contributed by atoms with Crippen molar-refractivity contribution >= 4 is 28.3 Å². The van der Waals surface area contributed by atoms with Gasteiger partial charge in [-0.15, -0.1) is 0 Å². The first-order chi connectivity index (χ1) is 13.3. The number of anilines is 1. The summed E-state index contributed by atoms with van der Waals surface area (Å²) in [6, 6.07) is 8.11. The molecule has 150 valence electrons. The molecule has 3 aliphatic rings. The molecule has 5 rings (SSSR count). The van der Waals surface area contributed by atoms with Crippen LogP contribution in [0.3, 0.4) is 0 Å². The van der Waals surface area contributed by atoms with E-state index in [-0.39, 0.29) is 12.2 Å². The largest absolute Gasteiger partial charge is 0.382 e. The van der Waals surface area contributed by atoms with Crippen molar-refractivity contribution < 1.29 is 18.9 Å². The summed E-state index contributed by atoms with van der Waals surface area (Å²) in [5, 5.41) is 1.46. The number of ether oxygens (including phenoxy) is 4. The minimum absolute atomic E-state index is 0.0526. The lowest BCUT2D eigenvalue weighted by Crippen LogP contribution is -2.44. The number of benzene rings is 1. The number of nitrogens with zero attached hydrogens (tertiary/aromatic N) is 1. The van der Waals surface area contributed by atoms with E-state index >= 15 is 0 Å². The maximum absolute atomic E-state index is 6.41. The molecule has 3 fully saturated rings. The highest BCUT2D eigenvalue weighted by molar-refractivity contribution is 6.33. The zero-order chi connectivity index (χ0) is 19.7. The molecule has 0 amide bonds. The van der Waals surface area contributed by atoms with E-state index in [9.17, 15) is 0 Å². The highest BCUT2D eigenvalue weighted by Gasteiger charge is 2.69. The average Bonchev–Trinajstić information content (AvgIpc) is 3.20. The van der Waals surface area contributed by atoms with Crippen molar-refractivity contribution in [1.29, 1.82) is 0 Å². The van der Waals surface area contributed by atoms with Crippen molar-refractivity contribution in [2.24, 2.45) is 5.92 Å². The summed E-state index contributed by atoms with van der Waals surface area (Å²) in [4.78, 5) is 4.42. The van der Waals surface area contributed by atoms with Gasteiger partial charge >= 0.3 is 0 Å². The fraction of sp³-hybridized carbons (Fsp3) is 0.571. The molecular weight excluding hydrogens is 380 g/mol. The Kier molecular flexibility index (Phi) is 4.17. The van der Waals surface area contributed by atoms with E-state index in [0.29, 0.717) is 16.8 Å². The smallest absolute Gasteiger partial charge is 0.186 e. The normalized spacial score (nSPS) is 36.0. The Hall–Kier alpha value is -1.44. The van der Waals surface area contributed by atoms with Crippen LogP contribution in [0.5, 0.6) is 0 Å². The van der Waals surface area contributed by atoms with Crippen molar-refractivity contribution in [3.63, 3.8) is 0 Å². The van der Waals surface area contributed by atoms with Gasteiger partial charge in [0, 0.05) is 12.5 Å². The average molecular weight is 405 g/mol. The molecule has 3 heterocycles. The Balaban J connectivity index is 1.43. The van der Waals surface area contributed by atoms with Gasteiger partial charge in [0.2, 0.25) is 0 Å². The van der Waals surface area contributed by atoms with Gasteiger partial charge in [-0.1, -0.05) is 23.7 Å². The zero-order valence-corrected chi connectivity index (χ0v) is 17.0. The van der Waals surface area contributed by atoms with Gasteiger partial charge in [-0.2, -0.15) is 0 Å². The number of pyridine rings is 1. The van der Waals surface area contributed by atoms with E-state index in [2.05, 4.69) is 17.1 Å². The molecule has 1 saturated carbocycles. The zero-order valence-electron chi connectivity index (χ0n) is 16.3. The van der Waals surface area contributed by atoms with Crippen molar-refractivity contribution in [2.45, 2.75) is 63.0 Å². The van der Waals surface area contributed by atoms with Gasteiger partial charge in [0.05, 0.1) is 16.6 Å². The van der Waals surface area contributed by atoms with Crippen LogP contribution in [0.4, 0.5) is 5.82 Å². The predicted octanol–water partition coefficient (Wildman–Crippen LogP) is 3.68. The van der Waals surface area contributed by atoms with Crippen LogP contribution in [-0.2, 0) is 25.4 Å². The molecule has 2 saturated heterocycles. The lowest BCUT2D eigenvalue weighted by Gasteiger charge is -2.29. The first-order valence-corrected chi connectivity index (χ1v) is 10.1. The van der Waals surface area contributed by atoms with Crippen LogP contribution >= 0.6 is 11.6 Å². The lowest BCUT2D eigenvalue weighted by atomic mass is 9.90. The Bertz CT molecular complexity index is 936. The van der Waals surface area contributed by atoms with E-state index in [0.717, 1.165) is 30.2 Å². The highest BCUT2D eigenvalue weighted by atomic mass is 35.5. The molecule has 1 unspecified atom stereocenters. The second-order valence-corrected chi connectivity index (χ2v) is 8.95. The number of hydrogen-bond donors (Lipinski definition) is 1. The quantitative estimate of drug-likeness (QED) is 0.840. The van der Waals surface area contributed by atoms with E-state index in [1.165, 1.54) is 5.56 Å². The summed E-state index contributed by atoms with van der Waals surface area (Å²) in [6.07, 6.45) is 2.16. The van der Waals surface area contributed by atoms with Crippen molar-refractivity contribution in [3.8, 4) is 0 Å². The molecular formula is C21H25ClN2O4. The van der Waals surface area contributed by atoms with Crippen LogP contribution in [0.1, 0.15) is 32.3 Å². The molecule has 1 aromatic carbocycles. The van der Waals surface area contributed by atoms with Crippen LogP contribution < -0.4 is 5.73 Å². The maximum atomic E-state index is 6.41. The molecule has 5 atom stereocenters. The van der Waals surface area contributed by atoms with E-state index in [1.54, 1.807) is 7.11 Å². The monoisotopic (exact) mass is 404 g/mol. The number of rotatable bonds is 3. The molecule has 0 bridgehead atoms. The Labute approximate surface area is 169 Å². The summed E-state index contributed by atoms with van der Waals surface area (Å²) in [7, 11) is 1.66. The number of halogens is 1. The van der Waals surface area contributed by atoms with Crippen LogP contribution in [0.25, 0.3) is 10.9 Å². The number of methoxy groups -OCH3 is 1. The molecule has 28 heavy (non-hydrogen) atoms. The Morgan fingerprint density at radius 2 is 2.11 bits per heavy atom. The van der Waals surface area contributed by atoms with E-state index < -0.39 is 17.7 Å². The SMILES string of the molecule is CO[C@H]1O[C@@H]2C(Cc3ccc4cc(Cl)c(N)nc4c3)CC[C@@]23OC(C)(C)O[C@@H]13. The van der Waals surface area contributed by atoms with Crippen molar-refractivity contribution in [2.75, 3.05) is 12.8 Å². The number of aromatic nitrogens is 1. The molecule has 2 aliphatic heterocycles. The third-order valence-corrected chi connectivity index (χ3v) is 6.57. The number of nitrogens with two attached hydrogens (primary N) is 1. The van der Waals surface area contributed by atoms with Gasteiger partial charge in [-0.3, -0.25) is 0 Å². The summed E-state index contributed by atoms with van der Waals surface area (Å²) < 4.78 is 24.4.